The molecular weight excluding hydrogens is 354 g/mol. The zero-order valence-corrected chi connectivity index (χ0v) is 16.1. The molecular formula is C22H25N3O3. The van der Waals surface area contributed by atoms with Gasteiger partial charge in [-0.3, -0.25) is 14.4 Å². The number of para-hydroxylation sites is 1. The van der Waals surface area contributed by atoms with E-state index in [1.54, 1.807) is 30.3 Å². The number of hydrogen-bond acceptors (Lipinski definition) is 3. The molecule has 2 rings (SSSR count). The molecule has 146 valence electrons. The van der Waals surface area contributed by atoms with Gasteiger partial charge in [-0.2, -0.15) is 0 Å². The first kappa shape index (κ1) is 20.9. The lowest BCUT2D eigenvalue weighted by molar-refractivity contribution is -0.120. The lowest BCUT2D eigenvalue weighted by Crippen LogP contribution is -2.30. The number of carbonyl (C=O) groups is 3. The zero-order chi connectivity index (χ0) is 20.5. The Labute approximate surface area is 165 Å². The van der Waals surface area contributed by atoms with Crippen molar-refractivity contribution in [1.29, 1.82) is 0 Å². The normalized spacial score (nSPS) is 11.2. The van der Waals surface area contributed by atoms with Crippen LogP contribution in [0.3, 0.4) is 0 Å². The van der Waals surface area contributed by atoms with Crippen LogP contribution in [0.2, 0.25) is 0 Å². The first-order valence-electron chi connectivity index (χ1n) is 9.02. The number of benzene rings is 2. The van der Waals surface area contributed by atoms with Crippen LogP contribution in [0.5, 0.6) is 0 Å². The van der Waals surface area contributed by atoms with Crippen molar-refractivity contribution in [3.8, 4) is 0 Å². The largest absolute Gasteiger partial charge is 0.349 e. The quantitative estimate of drug-likeness (QED) is 0.616. The van der Waals surface area contributed by atoms with Crippen LogP contribution in [0, 0.1) is 6.92 Å². The summed E-state index contributed by atoms with van der Waals surface area (Å²) in [6, 6.07) is 14.0. The van der Waals surface area contributed by atoms with Gasteiger partial charge in [0.05, 0.1) is 23.7 Å². The van der Waals surface area contributed by atoms with Gasteiger partial charge in [0, 0.05) is 13.5 Å². The van der Waals surface area contributed by atoms with Crippen molar-refractivity contribution < 1.29 is 14.4 Å². The second-order valence-electron chi connectivity index (χ2n) is 6.46. The fraction of sp³-hybridized carbons (Fsp3) is 0.227. The lowest BCUT2D eigenvalue weighted by atomic mass is 10.0. The van der Waals surface area contributed by atoms with Crippen molar-refractivity contribution in [2.45, 2.75) is 26.3 Å². The lowest BCUT2D eigenvalue weighted by Gasteiger charge is -2.19. The van der Waals surface area contributed by atoms with E-state index >= 15 is 0 Å². The standard InChI is InChI=1S/C22H25N3O3/c1-4-13-23-22(28)18-7-5-6-8-19(18)25-21(27)14-20(24-16(3)26)17-11-9-15(2)10-12-17/h4-12,20H,1,13-14H2,2-3H3,(H,23,28)(H,24,26)(H,25,27). The average molecular weight is 379 g/mol. The van der Waals surface area contributed by atoms with E-state index in [-0.39, 0.29) is 24.1 Å². The highest BCUT2D eigenvalue weighted by molar-refractivity contribution is 6.03. The van der Waals surface area contributed by atoms with Crippen LogP contribution in [-0.4, -0.2) is 24.3 Å². The van der Waals surface area contributed by atoms with Gasteiger partial charge in [-0.25, -0.2) is 0 Å². The van der Waals surface area contributed by atoms with E-state index in [0.717, 1.165) is 11.1 Å². The second kappa shape index (κ2) is 10.1. The van der Waals surface area contributed by atoms with Crippen LogP contribution in [-0.2, 0) is 9.59 Å². The predicted octanol–water partition coefficient (Wildman–Crippen LogP) is 3.12. The van der Waals surface area contributed by atoms with Crippen LogP contribution in [0.25, 0.3) is 0 Å². The van der Waals surface area contributed by atoms with Gasteiger partial charge in [0.15, 0.2) is 0 Å². The van der Waals surface area contributed by atoms with Crippen LogP contribution < -0.4 is 16.0 Å². The predicted molar refractivity (Wildman–Crippen MR) is 110 cm³/mol. The third kappa shape index (κ3) is 6.09. The second-order valence-corrected chi connectivity index (χ2v) is 6.46. The summed E-state index contributed by atoms with van der Waals surface area (Å²) in [5.41, 5.74) is 2.71. The van der Waals surface area contributed by atoms with Gasteiger partial charge in [0.2, 0.25) is 11.8 Å². The van der Waals surface area contributed by atoms with Crippen molar-refractivity contribution in [3.05, 3.63) is 77.9 Å². The summed E-state index contributed by atoms with van der Waals surface area (Å²) >= 11 is 0. The van der Waals surface area contributed by atoms with Crippen LogP contribution in [0.15, 0.2) is 61.2 Å². The fourth-order valence-corrected chi connectivity index (χ4v) is 2.73. The summed E-state index contributed by atoms with van der Waals surface area (Å²) in [7, 11) is 0. The van der Waals surface area contributed by atoms with Gasteiger partial charge >= 0.3 is 0 Å². The highest BCUT2D eigenvalue weighted by atomic mass is 16.2. The number of nitrogens with one attached hydrogen (secondary N) is 3. The molecule has 28 heavy (non-hydrogen) atoms. The van der Waals surface area contributed by atoms with Gasteiger partial charge in [-0.15, -0.1) is 6.58 Å². The summed E-state index contributed by atoms with van der Waals surface area (Å²) in [5.74, 6) is -0.821. The Morgan fingerprint density at radius 3 is 2.39 bits per heavy atom. The number of anilines is 1. The van der Waals surface area contributed by atoms with Crippen molar-refractivity contribution in [1.82, 2.24) is 10.6 Å². The van der Waals surface area contributed by atoms with E-state index < -0.39 is 6.04 Å². The molecule has 0 radical (unpaired) electrons. The van der Waals surface area contributed by atoms with Gasteiger partial charge in [0.1, 0.15) is 0 Å². The Hall–Kier alpha value is -3.41. The maximum atomic E-state index is 12.6. The third-order valence-electron chi connectivity index (χ3n) is 4.10. The van der Waals surface area contributed by atoms with E-state index in [2.05, 4.69) is 22.5 Å². The van der Waals surface area contributed by atoms with Gasteiger partial charge in [0.25, 0.3) is 5.91 Å². The molecule has 1 unspecified atom stereocenters. The Morgan fingerprint density at radius 2 is 1.75 bits per heavy atom. The molecule has 0 aliphatic heterocycles. The monoisotopic (exact) mass is 379 g/mol. The molecule has 0 fully saturated rings. The molecule has 0 bridgehead atoms. The minimum Gasteiger partial charge on any atom is -0.349 e. The number of amides is 3. The highest BCUT2D eigenvalue weighted by Crippen LogP contribution is 2.20. The number of aryl methyl sites for hydroxylation is 1. The van der Waals surface area contributed by atoms with Crippen LogP contribution in [0.1, 0.15) is 40.9 Å². The Kier molecular flexibility index (Phi) is 7.51. The molecule has 6 heteroatoms. The van der Waals surface area contributed by atoms with E-state index in [1.165, 1.54) is 6.92 Å². The summed E-state index contributed by atoms with van der Waals surface area (Å²) in [4.78, 5) is 36.5. The summed E-state index contributed by atoms with van der Waals surface area (Å²) < 4.78 is 0. The molecule has 0 saturated carbocycles. The van der Waals surface area contributed by atoms with Crippen molar-refractivity contribution in [3.63, 3.8) is 0 Å². The molecule has 2 aromatic carbocycles. The minimum absolute atomic E-state index is 0.0469. The van der Waals surface area contributed by atoms with E-state index in [1.807, 2.05) is 31.2 Å². The van der Waals surface area contributed by atoms with E-state index in [4.69, 9.17) is 0 Å². The van der Waals surface area contributed by atoms with Gasteiger partial charge in [-0.05, 0) is 24.6 Å². The average Bonchev–Trinajstić information content (AvgIpc) is 2.66. The maximum absolute atomic E-state index is 12.6. The molecule has 2 aromatic rings. The number of rotatable bonds is 8. The maximum Gasteiger partial charge on any atom is 0.253 e. The molecule has 0 aromatic heterocycles. The topological polar surface area (TPSA) is 87.3 Å². The summed E-state index contributed by atoms with van der Waals surface area (Å²) in [6.45, 7) is 7.29. The first-order chi connectivity index (χ1) is 13.4. The first-order valence-corrected chi connectivity index (χ1v) is 9.02. The SMILES string of the molecule is C=CCNC(=O)c1ccccc1NC(=O)CC(NC(C)=O)c1ccc(C)cc1. The fourth-order valence-electron chi connectivity index (χ4n) is 2.73. The molecule has 1 atom stereocenters. The number of carbonyl (C=O) groups excluding carboxylic acids is 3. The Bertz CT molecular complexity index is 860. The Morgan fingerprint density at radius 1 is 1.07 bits per heavy atom. The van der Waals surface area contributed by atoms with Gasteiger partial charge < -0.3 is 16.0 Å². The molecule has 0 heterocycles. The molecule has 0 spiro atoms. The molecule has 6 nitrogen and oxygen atoms in total. The van der Waals surface area contributed by atoms with E-state index in [0.29, 0.717) is 17.8 Å². The Balaban J connectivity index is 2.14. The van der Waals surface area contributed by atoms with Gasteiger partial charge in [-0.1, -0.05) is 48.0 Å². The minimum atomic E-state index is -0.458. The van der Waals surface area contributed by atoms with Crippen molar-refractivity contribution in [2.75, 3.05) is 11.9 Å². The molecule has 0 aliphatic rings. The third-order valence-corrected chi connectivity index (χ3v) is 4.10. The van der Waals surface area contributed by atoms with Crippen LogP contribution >= 0.6 is 0 Å². The smallest absolute Gasteiger partial charge is 0.253 e. The molecule has 3 N–H and O–H groups in total. The zero-order valence-electron chi connectivity index (χ0n) is 16.1. The van der Waals surface area contributed by atoms with Crippen molar-refractivity contribution in [2.24, 2.45) is 0 Å². The number of hydrogen-bond donors (Lipinski definition) is 3. The molecule has 0 saturated heterocycles. The molecule has 0 aliphatic carbocycles. The summed E-state index contributed by atoms with van der Waals surface area (Å²) in [6.07, 6.45) is 1.63. The van der Waals surface area contributed by atoms with E-state index in [9.17, 15) is 14.4 Å². The highest BCUT2D eigenvalue weighted by Gasteiger charge is 2.19. The summed E-state index contributed by atoms with van der Waals surface area (Å²) in [5, 5.41) is 8.28. The van der Waals surface area contributed by atoms with Crippen LogP contribution in [0.4, 0.5) is 5.69 Å². The van der Waals surface area contributed by atoms with Crippen molar-refractivity contribution >= 4 is 23.4 Å². The molecule has 3 amide bonds.